The standard InChI is InChI=1S/C20H20OS2Si/c1-24(2,17-11-7-4-8-12-17)18(15-21)19(20-22-13-14-23-20)16-9-5-3-6-10-16/h3-12H,13-14H2,1-2H3. The molecule has 24 heavy (non-hydrogen) atoms. The second-order valence-corrected chi connectivity index (χ2v) is 13.0. The van der Waals surface area contributed by atoms with Gasteiger partial charge in [0.1, 0.15) is 14.0 Å². The Bertz CT molecular complexity index is 783. The van der Waals surface area contributed by atoms with Crippen LogP contribution in [0.25, 0.3) is 5.57 Å². The van der Waals surface area contributed by atoms with Gasteiger partial charge in [-0.25, -0.2) is 4.79 Å². The molecule has 4 heteroatoms. The fraction of sp³-hybridized carbons (Fsp3) is 0.200. The van der Waals surface area contributed by atoms with Gasteiger partial charge in [-0.05, 0) is 5.56 Å². The van der Waals surface area contributed by atoms with Crippen LogP contribution in [0.3, 0.4) is 0 Å². The van der Waals surface area contributed by atoms with Crippen molar-refractivity contribution in [2.24, 2.45) is 0 Å². The molecule has 2 aromatic carbocycles. The Hall–Kier alpha value is -1.45. The molecule has 0 bridgehead atoms. The van der Waals surface area contributed by atoms with Crippen LogP contribution in [-0.2, 0) is 4.79 Å². The zero-order chi connectivity index (χ0) is 17.0. The van der Waals surface area contributed by atoms with Crippen LogP contribution in [0.5, 0.6) is 0 Å². The highest BCUT2D eigenvalue weighted by atomic mass is 32.2. The highest BCUT2D eigenvalue weighted by molar-refractivity contribution is 8.25. The van der Waals surface area contributed by atoms with Gasteiger partial charge in [0.05, 0.1) is 0 Å². The van der Waals surface area contributed by atoms with Crippen molar-refractivity contribution in [3.05, 3.63) is 75.7 Å². The molecule has 0 unspecified atom stereocenters. The SMILES string of the molecule is C[Si](C)(C(=C=O)C(=C1SCCS1)c1ccccc1)c1ccccc1. The Morgan fingerprint density at radius 3 is 2.00 bits per heavy atom. The van der Waals surface area contributed by atoms with E-state index in [1.807, 2.05) is 47.8 Å². The number of hydrogen-bond acceptors (Lipinski definition) is 3. The lowest BCUT2D eigenvalue weighted by Crippen LogP contribution is -2.44. The fourth-order valence-corrected chi connectivity index (χ4v) is 8.16. The molecule has 0 radical (unpaired) electrons. The summed E-state index contributed by atoms with van der Waals surface area (Å²) in [6.07, 6.45) is 0. The summed E-state index contributed by atoms with van der Waals surface area (Å²) < 4.78 is 1.27. The zero-order valence-corrected chi connectivity index (χ0v) is 16.5. The minimum atomic E-state index is -2.11. The first-order valence-electron chi connectivity index (χ1n) is 8.01. The Labute approximate surface area is 153 Å². The second kappa shape index (κ2) is 7.62. The van der Waals surface area contributed by atoms with Gasteiger partial charge in [-0.2, -0.15) is 0 Å². The third-order valence-corrected chi connectivity index (χ3v) is 10.4. The molecule has 0 spiro atoms. The molecule has 1 aliphatic rings. The van der Waals surface area contributed by atoms with Crippen LogP contribution < -0.4 is 5.19 Å². The molecule has 122 valence electrons. The minimum absolute atomic E-state index is 0.872. The van der Waals surface area contributed by atoms with Crippen LogP contribution in [0.1, 0.15) is 5.56 Å². The Balaban J connectivity index is 2.16. The minimum Gasteiger partial charge on any atom is -0.234 e. The van der Waals surface area contributed by atoms with Crippen molar-refractivity contribution in [3.63, 3.8) is 0 Å². The van der Waals surface area contributed by atoms with E-state index in [9.17, 15) is 4.79 Å². The van der Waals surface area contributed by atoms with E-state index in [0.29, 0.717) is 0 Å². The van der Waals surface area contributed by atoms with Gasteiger partial charge < -0.3 is 0 Å². The van der Waals surface area contributed by atoms with E-state index < -0.39 is 8.07 Å². The van der Waals surface area contributed by atoms with Crippen LogP contribution in [0.2, 0.25) is 13.1 Å². The van der Waals surface area contributed by atoms with Crippen molar-refractivity contribution in [1.29, 1.82) is 0 Å². The van der Waals surface area contributed by atoms with Gasteiger partial charge >= 0.3 is 0 Å². The number of benzene rings is 2. The molecule has 1 aliphatic heterocycles. The van der Waals surface area contributed by atoms with E-state index in [4.69, 9.17) is 0 Å². The smallest absolute Gasteiger partial charge is 0.127 e. The van der Waals surface area contributed by atoms with Crippen molar-refractivity contribution < 1.29 is 4.79 Å². The van der Waals surface area contributed by atoms with Crippen molar-refractivity contribution in [1.82, 2.24) is 0 Å². The summed E-state index contributed by atoms with van der Waals surface area (Å²) in [5.74, 6) is 4.57. The first-order valence-corrected chi connectivity index (χ1v) is 13.0. The molecule has 1 heterocycles. The van der Waals surface area contributed by atoms with Crippen molar-refractivity contribution in [2.75, 3.05) is 11.5 Å². The molecule has 0 N–H and O–H groups in total. The molecular weight excluding hydrogens is 348 g/mol. The maximum atomic E-state index is 12.1. The average molecular weight is 369 g/mol. The second-order valence-electron chi connectivity index (χ2n) is 6.19. The van der Waals surface area contributed by atoms with Crippen LogP contribution in [0.4, 0.5) is 0 Å². The Kier molecular flexibility index (Phi) is 5.52. The molecule has 0 atom stereocenters. The highest BCUT2D eigenvalue weighted by Crippen LogP contribution is 2.45. The lowest BCUT2D eigenvalue weighted by Gasteiger charge is -2.27. The summed E-state index contributed by atoms with van der Waals surface area (Å²) in [5, 5.41) is 2.14. The molecule has 0 amide bonds. The van der Waals surface area contributed by atoms with Gasteiger partial charge in [-0.1, -0.05) is 78.9 Å². The lowest BCUT2D eigenvalue weighted by molar-refractivity contribution is 0.568. The zero-order valence-electron chi connectivity index (χ0n) is 13.9. The predicted octanol–water partition coefficient (Wildman–Crippen LogP) is 4.75. The Morgan fingerprint density at radius 1 is 0.917 bits per heavy atom. The van der Waals surface area contributed by atoms with Gasteiger partial charge in [0.2, 0.25) is 0 Å². The summed E-state index contributed by atoms with van der Waals surface area (Å²) in [5.41, 5.74) is 2.24. The van der Waals surface area contributed by atoms with E-state index >= 15 is 0 Å². The number of rotatable bonds is 4. The molecule has 0 aliphatic carbocycles. The van der Waals surface area contributed by atoms with E-state index in [1.165, 1.54) is 9.42 Å². The quantitative estimate of drug-likeness (QED) is 0.573. The monoisotopic (exact) mass is 368 g/mol. The topological polar surface area (TPSA) is 17.1 Å². The van der Waals surface area contributed by atoms with E-state index in [0.717, 1.165) is 27.8 Å². The third-order valence-electron chi connectivity index (χ3n) is 4.29. The van der Waals surface area contributed by atoms with Crippen molar-refractivity contribution in [2.45, 2.75) is 13.1 Å². The maximum absolute atomic E-state index is 12.1. The van der Waals surface area contributed by atoms with E-state index in [2.05, 4.69) is 55.4 Å². The van der Waals surface area contributed by atoms with E-state index in [1.54, 1.807) is 0 Å². The largest absolute Gasteiger partial charge is 0.234 e. The summed E-state index contributed by atoms with van der Waals surface area (Å²) in [6, 6.07) is 20.7. The maximum Gasteiger partial charge on any atom is 0.127 e. The number of thioether (sulfide) groups is 2. The van der Waals surface area contributed by atoms with Gasteiger partial charge in [-0.15, -0.1) is 23.5 Å². The van der Waals surface area contributed by atoms with Gasteiger partial charge in [0.15, 0.2) is 0 Å². The summed E-state index contributed by atoms with van der Waals surface area (Å²) in [6.45, 7) is 4.49. The van der Waals surface area contributed by atoms with Gasteiger partial charge in [0, 0.05) is 26.5 Å². The van der Waals surface area contributed by atoms with Crippen LogP contribution >= 0.6 is 23.5 Å². The molecule has 1 nitrogen and oxygen atoms in total. The Morgan fingerprint density at radius 2 is 1.46 bits per heavy atom. The first-order chi connectivity index (χ1) is 11.6. The number of carbonyl (C=O) groups excluding carboxylic acids is 1. The highest BCUT2D eigenvalue weighted by Gasteiger charge is 2.34. The van der Waals surface area contributed by atoms with Gasteiger partial charge in [0.25, 0.3) is 0 Å². The average Bonchev–Trinajstić information content (AvgIpc) is 3.15. The fourth-order valence-electron chi connectivity index (χ4n) is 2.91. The van der Waals surface area contributed by atoms with Crippen molar-refractivity contribution >= 4 is 48.3 Å². The van der Waals surface area contributed by atoms with Crippen LogP contribution in [0, 0.1) is 0 Å². The molecular formula is C20H20OS2Si. The summed E-state index contributed by atoms with van der Waals surface area (Å²) >= 11 is 3.73. The predicted molar refractivity (Wildman–Crippen MR) is 111 cm³/mol. The number of allylic oxidation sites excluding steroid dienone is 2. The molecule has 0 aromatic heterocycles. The molecule has 2 aromatic rings. The van der Waals surface area contributed by atoms with E-state index in [-0.39, 0.29) is 0 Å². The first kappa shape index (κ1) is 17.4. The van der Waals surface area contributed by atoms with Crippen LogP contribution in [-0.4, -0.2) is 25.5 Å². The molecule has 3 rings (SSSR count). The summed E-state index contributed by atoms with van der Waals surface area (Å²) in [7, 11) is -2.11. The lowest BCUT2D eigenvalue weighted by atomic mass is 10.1. The molecule has 0 saturated carbocycles. The summed E-state index contributed by atoms with van der Waals surface area (Å²) in [4.78, 5) is 12.1. The number of hydrogen-bond donors (Lipinski definition) is 0. The van der Waals surface area contributed by atoms with Crippen molar-refractivity contribution in [3.8, 4) is 0 Å². The normalized spacial score (nSPS) is 14.3. The van der Waals surface area contributed by atoms with Gasteiger partial charge in [-0.3, -0.25) is 0 Å². The third kappa shape index (κ3) is 3.47. The molecule has 1 fully saturated rings. The van der Waals surface area contributed by atoms with Crippen LogP contribution in [0.15, 0.2) is 70.1 Å². The molecule has 1 saturated heterocycles.